The van der Waals surface area contributed by atoms with Gasteiger partial charge in [0.05, 0.1) is 19.0 Å². The monoisotopic (exact) mass is 207 g/mol. The number of methoxy groups -OCH3 is 1. The van der Waals surface area contributed by atoms with Crippen LogP contribution in [-0.4, -0.2) is 17.1 Å². The summed E-state index contributed by atoms with van der Waals surface area (Å²) in [6.45, 7) is 0. The molecule has 0 aliphatic rings. The summed E-state index contributed by atoms with van der Waals surface area (Å²) in [5.74, 6) is 0.0561. The number of ether oxygens (including phenoxy) is 1. The van der Waals surface area contributed by atoms with E-state index in [-0.39, 0.29) is 11.7 Å². The highest BCUT2D eigenvalue weighted by Gasteiger charge is 2.11. The number of nitrogens with zero attached hydrogens (tertiary/aromatic N) is 1. The minimum atomic E-state index is -0.414. The average molecular weight is 207 g/mol. The number of hydrogen-bond donors (Lipinski definition) is 2. The first kappa shape index (κ1) is 9.51. The van der Waals surface area contributed by atoms with Crippen LogP contribution in [0.1, 0.15) is 0 Å². The van der Waals surface area contributed by atoms with Crippen molar-refractivity contribution in [3.05, 3.63) is 30.2 Å². The number of rotatable bonds is 2. The summed E-state index contributed by atoms with van der Waals surface area (Å²) in [5, 5.41) is 0. The Morgan fingerprint density at radius 1 is 1.47 bits per heavy atom. The second-order valence-electron chi connectivity index (χ2n) is 3.00. The van der Waals surface area contributed by atoms with E-state index in [2.05, 4.69) is 9.97 Å². The van der Waals surface area contributed by atoms with Crippen molar-refractivity contribution in [2.24, 2.45) is 0 Å². The number of aromatic amines is 1. The molecule has 0 saturated carbocycles. The molecular weight excluding hydrogens is 197 g/mol. The second kappa shape index (κ2) is 3.61. The van der Waals surface area contributed by atoms with Crippen molar-refractivity contribution < 1.29 is 9.13 Å². The Morgan fingerprint density at radius 3 is 2.87 bits per heavy atom. The summed E-state index contributed by atoms with van der Waals surface area (Å²) < 4.78 is 18.3. The molecule has 1 aromatic carbocycles. The summed E-state index contributed by atoms with van der Waals surface area (Å²) in [6.07, 6.45) is 1.53. The maximum atomic E-state index is 13.4. The number of nitrogens with one attached hydrogen (secondary N) is 1. The molecule has 1 aromatic heterocycles. The molecular formula is C10H10FN3O. The van der Waals surface area contributed by atoms with Gasteiger partial charge < -0.3 is 15.5 Å². The number of nitrogens with two attached hydrogens (primary N) is 1. The van der Waals surface area contributed by atoms with Gasteiger partial charge in [0.15, 0.2) is 17.5 Å². The number of benzene rings is 1. The number of hydrogen-bond acceptors (Lipinski definition) is 3. The number of anilines is 1. The predicted molar refractivity (Wildman–Crippen MR) is 54.9 cm³/mol. The molecule has 0 saturated heterocycles. The Hall–Kier alpha value is -2.04. The maximum Gasteiger partial charge on any atom is 0.197 e. The van der Waals surface area contributed by atoms with E-state index in [9.17, 15) is 4.39 Å². The normalized spacial score (nSPS) is 10.3. The first-order chi connectivity index (χ1) is 7.22. The molecule has 4 nitrogen and oxygen atoms in total. The Kier molecular flexibility index (Phi) is 2.29. The predicted octanol–water partition coefficient (Wildman–Crippen LogP) is 1.81. The number of imidazole rings is 1. The van der Waals surface area contributed by atoms with Gasteiger partial charge in [0, 0.05) is 5.56 Å². The van der Waals surface area contributed by atoms with Gasteiger partial charge in [0.2, 0.25) is 0 Å². The van der Waals surface area contributed by atoms with Gasteiger partial charge in [-0.25, -0.2) is 9.37 Å². The fraction of sp³-hybridized carbons (Fsp3) is 0.100. The van der Waals surface area contributed by atoms with Crippen molar-refractivity contribution >= 4 is 5.95 Å². The number of nitrogen functional groups attached to an aromatic ring is 1. The molecule has 0 fully saturated rings. The average Bonchev–Trinajstić information content (AvgIpc) is 2.64. The van der Waals surface area contributed by atoms with Gasteiger partial charge in [-0.1, -0.05) is 6.07 Å². The van der Waals surface area contributed by atoms with Crippen LogP contribution in [0.25, 0.3) is 11.3 Å². The lowest BCUT2D eigenvalue weighted by Gasteiger charge is -2.06. The van der Waals surface area contributed by atoms with E-state index in [0.29, 0.717) is 11.3 Å². The molecule has 5 heteroatoms. The first-order valence-electron chi connectivity index (χ1n) is 4.35. The maximum absolute atomic E-state index is 13.4. The lowest BCUT2D eigenvalue weighted by Crippen LogP contribution is -1.92. The highest BCUT2D eigenvalue weighted by molar-refractivity contribution is 5.67. The highest BCUT2D eigenvalue weighted by atomic mass is 19.1. The zero-order valence-corrected chi connectivity index (χ0v) is 8.12. The van der Waals surface area contributed by atoms with Crippen LogP contribution < -0.4 is 10.5 Å². The van der Waals surface area contributed by atoms with E-state index < -0.39 is 5.82 Å². The number of para-hydroxylation sites is 1. The molecule has 2 aromatic rings. The summed E-state index contributed by atoms with van der Waals surface area (Å²) in [7, 11) is 1.42. The van der Waals surface area contributed by atoms with Crippen molar-refractivity contribution in [1.29, 1.82) is 0 Å². The summed E-state index contributed by atoms with van der Waals surface area (Å²) in [4.78, 5) is 6.66. The van der Waals surface area contributed by atoms with Crippen LogP contribution in [0.15, 0.2) is 24.4 Å². The minimum absolute atomic E-state index is 0.182. The molecule has 3 N–H and O–H groups in total. The Morgan fingerprint density at radius 2 is 2.27 bits per heavy atom. The van der Waals surface area contributed by atoms with Crippen LogP contribution in [0, 0.1) is 5.82 Å². The van der Waals surface area contributed by atoms with Gasteiger partial charge in [-0.15, -0.1) is 0 Å². The van der Waals surface area contributed by atoms with Crippen molar-refractivity contribution in [3.63, 3.8) is 0 Å². The molecule has 78 valence electrons. The molecule has 0 bridgehead atoms. The number of halogens is 1. The summed E-state index contributed by atoms with van der Waals surface area (Å²) in [5.41, 5.74) is 6.67. The third kappa shape index (κ3) is 1.63. The van der Waals surface area contributed by atoms with E-state index in [4.69, 9.17) is 10.5 Å². The van der Waals surface area contributed by atoms with Crippen LogP contribution in [0.4, 0.5) is 10.3 Å². The lowest BCUT2D eigenvalue weighted by molar-refractivity contribution is 0.388. The molecule has 0 spiro atoms. The summed E-state index contributed by atoms with van der Waals surface area (Å²) >= 11 is 0. The molecule has 0 unspecified atom stereocenters. The van der Waals surface area contributed by atoms with Gasteiger partial charge in [0.25, 0.3) is 0 Å². The molecule has 0 aliphatic carbocycles. The van der Waals surface area contributed by atoms with Gasteiger partial charge in [-0.2, -0.15) is 0 Å². The van der Waals surface area contributed by atoms with Crippen molar-refractivity contribution in [2.75, 3.05) is 12.8 Å². The Balaban J connectivity index is 2.57. The summed E-state index contributed by atoms with van der Waals surface area (Å²) in [6, 6.07) is 4.67. The number of aromatic nitrogens is 2. The molecule has 0 amide bonds. The van der Waals surface area contributed by atoms with E-state index in [0.717, 1.165) is 0 Å². The quantitative estimate of drug-likeness (QED) is 0.789. The van der Waals surface area contributed by atoms with Crippen LogP contribution in [0.3, 0.4) is 0 Å². The van der Waals surface area contributed by atoms with Crippen molar-refractivity contribution in [3.8, 4) is 17.0 Å². The first-order valence-corrected chi connectivity index (χ1v) is 4.35. The van der Waals surface area contributed by atoms with Gasteiger partial charge in [0.1, 0.15) is 0 Å². The van der Waals surface area contributed by atoms with Gasteiger partial charge in [-0.3, -0.25) is 0 Å². The molecule has 2 rings (SSSR count). The minimum Gasteiger partial charge on any atom is -0.493 e. The third-order valence-electron chi connectivity index (χ3n) is 2.06. The fourth-order valence-electron chi connectivity index (χ4n) is 1.40. The Labute approximate surface area is 85.9 Å². The Bertz CT molecular complexity index is 481. The van der Waals surface area contributed by atoms with E-state index in [1.54, 1.807) is 12.1 Å². The molecule has 0 radical (unpaired) electrons. The van der Waals surface area contributed by atoms with Gasteiger partial charge in [-0.05, 0) is 12.1 Å². The van der Waals surface area contributed by atoms with E-state index in [1.807, 2.05) is 0 Å². The fourth-order valence-corrected chi connectivity index (χ4v) is 1.40. The zero-order chi connectivity index (χ0) is 10.8. The van der Waals surface area contributed by atoms with Crippen molar-refractivity contribution in [1.82, 2.24) is 9.97 Å². The molecule has 1 heterocycles. The number of H-pyrrole nitrogens is 1. The second-order valence-corrected chi connectivity index (χ2v) is 3.00. The van der Waals surface area contributed by atoms with Crippen LogP contribution in [0.2, 0.25) is 0 Å². The van der Waals surface area contributed by atoms with Crippen LogP contribution >= 0.6 is 0 Å². The van der Waals surface area contributed by atoms with Crippen LogP contribution in [0.5, 0.6) is 5.75 Å². The van der Waals surface area contributed by atoms with Crippen molar-refractivity contribution in [2.45, 2.75) is 0 Å². The molecule has 0 atom stereocenters. The lowest BCUT2D eigenvalue weighted by atomic mass is 10.1. The SMILES string of the molecule is COc1c(F)cccc1-c1cnc(N)[nH]1. The molecule has 15 heavy (non-hydrogen) atoms. The van der Waals surface area contributed by atoms with E-state index in [1.165, 1.54) is 19.4 Å². The zero-order valence-electron chi connectivity index (χ0n) is 8.12. The highest BCUT2D eigenvalue weighted by Crippen LogP contribution is 2.30. The third-order valence-corrected chi connectivity index (χ3v) is 2.06. The van der Waals surface area contributed by atoms with Crippen LogP contribution in [-0.2, 0) is 0 Å². The standard InChI is InChI=1S/C10H10FN3O/c1-15-9-6(3-2-4-7(9)11)8-5-13-10(12)14-8/h2-5H,1H3,(H3,12,13,14). The molecule has 0 aliphatic heterocycles. The van der Waals surface area contributed by atoms with Gasteiger partial charge >= 0.3 is 0 Å². The smallest absolute Gasteiger partial charge is 0.197 e. The topological polar surface area (TPSA) is 63.9 Å². The largest absolute Gasteiger partial charge is 0.493 e. The van der Waals surface area contributed by atoms with E-state index >= 15 is 0 Å².